The van der Waals surface area contributed by atoms with E-state index in [-0.39, 0.29) is 35.6 Å². The fourth-order valence-corrected chi connectivity index (χ4v) is 5.01. The van der Waals surface area contributed by atoms with E-state index >= 15 is 0 Å². The third-order valence-electron chi connectivity index (χ3n) is 6.43. The zero-order valence-electron chi connectivity index (χ0n) is 16.6. The predicted molar refractivity (Wildman–Crippen MR) is 104 cm³/mol. The lowest BCUT2D eigenvalue weighted by Crippen LogP contribution is -2.53. The van der Waals surface area contributed by atoms with E-state index in [1.165, 1.54) is 12.1 Å². The maximum Gasteiger partial charge on any atom is 0.240 e. The minimum atomic E-state index is -0.511. The van der Waals surface area contributed by atoms with Crippen LogP contribution in [0.15, 0.2) is 24.3 Å². The Morgan fingerprint density at radius 3 is 2.83 bits per heavy atom. The molecule has 3 aliphatic rings. The summed E-state index contributed by atoms with van der Waals surface area (Å²) in [4.78, 5) is 42.8. The number of amides is 3. The van der Waals surface area contributed by atoms with Crippen molar-refractivity contribution in [3.05, 3.63) is 35.6 Å². The van der Waals surface area contributed by atoms with Crippen molar-refractivity contribution in [2.75, 3.05) is 19.6 Å². The van der Waals surface area contributed by atoms with Crippen molar-refractivity contribution in [1.29, 1.82) is 0 Å². The average Bonchev–Trinajstić information content (AvgIpc) is 3.38. The largest absolute Gasteiger partial charge is 0.368 e. The van der Waals surface area contributed by atoms with Gasteiger partial charge in [-0.25, -0.2) is 4.39 Å². The smallest absolute Gasteiger partial charge is 0.240 e. The highest BCUT2D eigenvalue weighted by molar-refractivity contribution is 5.88. The second-order valence-electron chi connectivity index (χ2n) is 8.45. The van der Waals surface area contributed by atoms with Crippen molar-refractivity contribution in [3.8, 4) is 0 Å². The maximum atomic E-state index is 13.4. The Labute approximate surface area is 169 Å². The Hall–Kier alpha value is -2.48. The standard InChI is InChI=1S/C21H27FN4O3/c1-13(20(28)25-7-3-6-17(25)19(23)27)10-24-12-16-9-18(24)21(29)26(16)11-14-4-2-5-15(22)8-14/h2,4-5,8,13,16-18H,3,6-7,9-12H2,1H3,(H2,23,27)/t13?,16-,17+,18-/m1/s1. The zero-order chi connectivity index (χ0) is 20.7. The van der Waals surface area contributed by atoms with Crippen LogP contribution in [-0.2, 0) is 20.9 Å². The number of piperazine rings is 1. The number of primary amides is 1. The molecule has 3 amide bonds. The first-order valence-corrected chi connectivity index (χ1v) is 10.2. The van der Waals surface area contributed by atoms with Crippen LogP contribution in [0.1, 0.15) is 31.7 Å². The second-order valence-corrected chi connectivity index (χ2v) is 8.45. The van der Waals surface area contributed by atoms with Gasteiger partial charge < -0.3 is 15.5 Å². The number of nitrogens with zero attached hydrogens (tertiary/aromatic N) is 3. The van der Waals surface area contributed by atoms with Crippen LogP contribution in [0.2, 0.25) is 0 Å². The first-order chi connectivity index (χ1) is 13.8. The maximum absolute atomic E-state index is 13.4. The second kappa shape index (κ2) is 7.74. The molecule has 4 atom stereocenters. The van der Waals surface area contributed by atoms with Crippen molar-refractivity contribution >= 4 is 17.7 Å². The normalized spacial score (nSPS) is 27.7. The molecule has 3 aliphatic heterocycles. The minimum absolute atomic E-state index is 0.0429. The van der Waals surface area contributed by atoms with Crippen molar-refractivity contribution < 1.29 is 18.8 Å². The van der Waals surface area contributed by atoms with E-state index in [2.05, 4.69) is 4.90 Å². The number of carbonyl (C=O) groups is 3. The van der Waals surface area contributed by atoms with Crippen molar-refractivity contribution in [1.82, 2.24) is 14.7 Å². The van der Waals surface area contributed by atoms with Gasteiger partial charge in [-0.15, -0.1) is 0 Å². The molecule has 156 valence electrons. The molecule has 29 heavy (non-hydrogen) atoms. The van der Waals surface area contributed by atoms with E-state index in [1.807, 2.05) is 17.9 Å². The fourth-order valence-electron chi connectivity index (χ4n) is 5.01. The molecular formula is C21H27FN4O3. The van der Waals surface area contributed by atoms with Crippen molar-refractivity contribution in [3.63, 3.8) is 0 Å². The van der Waals surface area contributed by atoms with E-state index in [4.69, 9.17) is 5.73 Å². The van der Waals surface area contributed by atoms with Gasteiger partial charge in [-0.2, -0.15) is 0 Å². The van der Waals surface area contributed by atoms with Gasteiger partial charge in [-0.1, -0.05) is 19.1 Å². The molecule has 4 rings (SSSR count). The van der Waals surface area contributed by atoms with Gasteiger partial charge in [0, 0.05) is 38.1 Å². The van der Waals surface area contributed by atoms with E-state index in [9.17, 15) is 18.8 Å². The highest BCUT2D eigenvalue weighted by Crippen LogP contribution is 2.34. The SMILES string of the molecule is CC(CN1C[C@H]2C[C@@H]1C(=O)N2Cc1cccc(F)c1)C(=O)N1CCC[C@H]1C(N)=O. The molecule has 1 aromatic carbocycles. The molecule has 2 N–H and O–H groups in total. The summed E-state index contributed by atoms with van der Waals surface area (Å²) in [7, 11) is 0. The summed E-state index contributed by atoms with van der Waals surface area (Å²) >= 11 is 0. The summed E-state index contributed by atoms with van der Waals surface area (Å²) in [6.45, 7) is 4.02. The molecule has 3 heterocycles. The van der Waals surface area contributed by atoms with Crippen molar-refractivity contribution in [2.45, 2.75) is 50.9 Å². The van der Waals surface area contributed by atoms with E-state index in [1.54, 1.807) is 11.0 Å². The number of fused-ring (bicyclic) bond motifs is 2. The number of carbonyl (C=O) groups excluding carboxylic acids is 3. The summed E-state index contributed by atoms with van der Waals surface area (Å²) in [5, 5.41) is 0. The Kier molecular flexibility index (Phi) is 5.29. The van der Waals surface area contributed by atoms with Crippen LogP contribution in [0, 0.1) is 11.7 Å². The molecule has 1 unspecified atom stereocenters. The van der Waals surface area contributed by atoms with Crippen LogP contribution < -0.4 is 5.73 Å². The van der Waals surface area contributed by atoms with Crippen LogP contribution >= 0.6 is 0 Å². The zero-order valence-corrected chi connectivity index (χ0v) is 16.6. The molecule has 2 bridgehead atoms. The lowest BCUT2D eigenvalue weighted by Gasteiger charge is -2.35. The number of rotatable bonds is 6. The number of benzene rings is 1. The lowest BCUT2D eigenvalue weighted by atomic mass is 10.1. The van der Waals surface area contributed by atoms with Crippen molar-refractivity contribution in [2.24, 2.45) is 11.7 Å². The Morgan fingerprint density at radius 2 is 2.14 bits per heavy atom. The lowest BCUT2D eigenvalue weighted by molar-refractivity contribution is -0.143. The first kappa shape index (κ1) is 19.8. The Balaban J connectivity index is 1.36. The van der Waals surface area contributed by atoms with Gasteiger partial charge in [0.1, 0.15) is 11.9 Å². The van der Waals surface area contributed by atoms with Crippen LogP contribution in [0.3, 0.4) is 0 Å². The molecular weight excluding hydrogens is 375 g/mol. The third-order valence-corrected chi connectivity index (χ3v) is 6.43. The summed E-state index contributed by atoms with van der Waals surface area (Å²) < 4.78 is 13.4. The van der Waals surface area contributed by atoms with Crippen LogP contribution in [0.25, 0.3) is 0 Å². The summed E-state index contributed by atoms with van der Waals surface area (Å²) in [5.74, 6) is -1.09. The quantitative estimate of drug-likeness (QED) is 0.760. The monoisotopic (exact) mass is 402 g/mol. The first-order valence-electron chi connectivity index (χ1n) is 10.2. The van der Waals surface area contributed by atoms with Crippen LogP contribution in [0.4, 0.5) is 4.39 Å². The number of nitrogens with two attached hydrogens (primary N) is 1. The van der Waals surface area contributed by atoms with Gasteiger partial charge in [0.25, 0.3) is 0 Å². The number of hydrogen-bond acceptors (Lipinski definition) is 4. The van der Waals surface area contributed by atoms with Gasteiger partial charge in [-0.3, -0.25) is 19.3 Å². The molecule has 0 saturated carbocycles. The van der Waals surface area contributed by atoms with Gasteiger partial charge >= 0.3 is 0 Å². The molecule has 3 saturated heterocycles. The summed E-state index contributed by atoms with van der Waals surface area (Å²) in [6, 6.07) is 5.68. The minimum Gasteiger partial charge on any atom is -0.368 e. The average molecular weight is 402 g/mol. The summed E-state index contributed by atoms with van der Waals surface area (Å²) in [6.07, 6.45) is 2.15. The van der Waals surface area contributed by atoms with Gasteiger partial charge in [0.15, 0.2) is 0 Å². The Bertz CT molecular complexity index is 832. The van der Waals surface area contributed by atoms with E-state index < -0.39 is 11.9 Å². The predicted octanol–water partition coefficient (Wildman–Crippen LogP) is 0.723. The molecule has 0 spiro atoms. The topological polar surface area (TPSA) is 87.0 Å². The highest BCUT2D eigenvalue weighted by Gasteiger charge is 2.50. The van der Waals surface area contributed by atoms with Gasteiger partial charge in [-0.05, 0) is 37.0 Å². The number of hydrogen-bond donors (Lipinski definition) is 1. The van der Waals surface area contributed by atoms with Crippen LogP contribution in [-0.4, -0.2) is 70.2 Å². The molecule has 0 aliphatic carbocycles. The van der Waals surface area contributed by atoms with E-state index in [0.29, 0.717) is 32.6 Å². The Morgan fingerprint density at radius 1 is 1.34 bits per heavy atom. The fraction of sp³-hybridized carbons (Fsp3) is 0.571. The molecule has 3 fully saturated rings. The number of likely N-dealkylation sites (tertiary alicyclic amines) is 3. The molecule has 0 radical (unpaired) electrons. The molecule has 0 aromatic heterocycles. The summed E-state index contributed by atoms with van der Waals surface area (Å²) in [5.41, 5.74) is 6.21. The van der Waals surface area contributed by atoms with Gasteiger partial charge in [0.05, 0.1) is 6.04 Å². The van der Waals surface area contributed by atoms with Gasteiger partial charge in [0.2, 0.25) is 17.7 Å². The molecule has 1 aromatic rings. The third kappa shape index (κ3) is 3.73. The molecule has 8 heteroatoms. The van der Waals surface area contributed by atoms with Crippen LogP contribution in [0.5, 0.6) is 0 Å². The number of halogens is 1. The molecule has 7 nitrogen and oxygen atoms in total. The van der Waals surface area contributed by atoms with E-state index in [0.717, 1.165) is 18.4 Å². The highest BCUT2D eigenvalue weighted by atomic mass is 19.1.